The second kappa shape index (κ2) is 6.19. The second-order valence-corrected chi connectivity index (χ2v) is 5.28. The van der Waals surface area contributed by atoms with Gasteiger partial charge in [-0.25, -0.2) is 0 Å². The molecule has 0 aliphatic heterocycles. The van der Waals surface area contributed by atoms with E-state index in [0.29, 0.717) is 29.6 Å². The molecule has 22 heavy (non-hydrogen) atoms. The van der Waals surface area contributed by atoms with Gasteiger partial charge in [0.05, 0.1) is 19.2 Å². The minimum absolute atomic E-state index is 0.441. The number of halogens is 1. The van der Waals surface area contributed by atoms with E-state index in [-0.39, 0.29) is 0 Å². The molecule has 0 saturated heterocycles. The molecular formula is C15H14ClN3O3. The van der Waals surface area contributed by atoms with Crippen molar-refractivity contribution in [3.05, 3.63) is 58.0 Å². The molecule has 0 amide bonds. The summed E-state index contributed by atoms with van der Waals surface area (Å²) in [4.78, 5) is 4.36. The predicted octanol–water partition coefficient (Wildman–Crippen LogP) is 3.21. The lowest BCUT2D eigenvalue weighted by atomic mass is 10.1. The van der Waals surface area contributed by atoms with Crippen LogP contribution >= 0.6 is 11.6 Å². The first-order valence-electron chi connectivity index (χ1n) is 6.70. The van der Waals surface area contributed by atoms with Crippen molar-refractivity contribution in [2.24, 2.45) is 0 Å². The lowest BCUT2D eigenvalue weighted by Crippen LogP contribution is -1.96. The van der Waals surface area contributed by atoms with E-state index in [4.69, 9.17) is 25.4 Å². The SMILES string of the molecule is COc1ccc(Cl)cc1Cc1noc(Cc2cc(C)on2)n1. The summed E-state index contributed by atoms with van der Waals surface area (Å²) in [6, 6.07) is 7.26. The predicted molar refractivity (Wildman–Crippen MR) is 79.2 cm³/mol. The molecule has 114 valence electrons. The largest absolute Gasteiger partial charge is 0.496 e. The van der Waals surface area contributed by atoms with Gasteiger partial charge in [-0.05, 0) is 25.1 Å². The van der Waals surface area contributed by atoms with Crippen LogP contribution in [0.25, 0.3) is 0 Å². The normalized spacial score (nSPS) is 10.9. The molecule has 0 fully saturated rings. The molecule has 0 saturated carbocycles. The molecule has 7 heteroatoms. The Labute approximate surface area is 132 Å². The Balaban J connectivity index is 1.75. The maximum Gasteiger partial charge on any atom is 0.232 e. The maximum atomic E-state index is 6.02. The molecule has 0 spiro atoms. The minimum atomic E-state index is 0.441. The van der Waals surface area contributed by atoms with Crippen LogP contribution in [0, 0.1) is 6.92 Å². The van der Waals surface area contributed by atoms with Crippen LogP contribution in [0.3, 0.4) is 0 Å². The van der Waals surface area contributed by atoms with Gasteiger partial charge in [-0.1, -0.05) is 21.9 Å². The van der Waals surface area contributed by atoms with E-state index >= 15 is 0 Å². The Hall–Kier alpha value is -2.34. The summed E-state index contributed by atoms with van der Waals surface area (Å²) in [5.74, 6) is 2.54. The number of aromatic nitrogens is 3. The monoisotopic (exact) mass is 319 g/mol. The fourth-order valence-electron chi connectivity index (χ4n) is 2.15. The highest BCUT2D eigenvalue weighted by Crippen LogP contribution is 2.24. The van der Waals surface area contributed by atoms with Crippen molar-refractivity contribution >= 4 is 11.6 Å². The number of aryl methyl sites for hydroxylation is 1. The van der Waals surface area contributed by atoms with Gasteiger partial charge in [0.2, 0.25) is 5.89 Å². The van der Waals surface area contributed by atoms with Gasteiger partial charge in [0.25, 0.3) is 0 Å². The lowest BCUT2D eigenvalue weighted by Gasteiger charge is -2.06. The summed E-state index contributed by atoms with van der Waals surface area (Å²) < 4.78 is 15.6. The first-order valence-corrected chi connectivity index (χ1v) is 7.08. The smallest absolute Gasteiger partial charge is 0.232 e. The molecule has 3 rings (SSSR count). The summed E-state index contributed by atoms with van der Waals surface area (Å²) in [6.07, 6.45) is 0.919. The molecule has 0 unspecified atom stereocenters. The van der Waals surface area contributed by atoms with E-state index in [1.165, 1.54) is 0 Å². The van der Waals surface area contributed by atoms with E-state index in [2.05, 4.69) is 15.3 Å². The van der Waals surface area contributed by atoms with Gasteiger partial charge in [-0.3, -0.25) is 0 Å². The Morgan fingerprint density at radius 3 is 2.73 bits per heavy atom. The molecule has 0 aliphatic carbocycles. The molecule has 3 aromatic rings. The number of rotatable bonds is 5. The third-order valence-corrected chi connectivity index (χ3v) is 3.35. The summed E-state index contributed by atoms with van der Waals surface area (Å²) in [7, 11) is 1.61. The Morgan fingerprint density at radius 1 is 1.14 bits per heavy atom. The quantitative estimate of drug-likeness (QED) is 0.719. The molecule has 2 aromatic heterocycles. The van der Waals surface area contributed by atoms with Crippen LogP contribution in [0.1, 0.15) is 28.7 Å². The van der Waals surface area contributed by atoms with Gasteiger partial charge in [0, 0.05) is 23.1 Å². The van der Waals surface area contributed by atoms with Crippen LogP contribution in [-0.2, 0) is 12.8 Å². The highest BCUT2D eigenvalue weighted by atomic mass is 35.5. The Bertz CT molecular complexity index is 782. The summed E-state index contributed by atoms with van der Waals surface area (Å²) in [5, 5.41) is 8.52. The molecule has 1 aromatic carbocycles. The first-order chi connectivity index (χ1) is 10.6. The fourth-order valence-corrected chi connectivity index (χ4v) is 2.34. The summed E-state index contributed by atoms with van der Waals surface area (Å²) in [5.41, 5.74) is 1.66. The average Bonchev–Trinajstić information content (AvgIpc) is 3.09. The van der Waals surface area contributed by atoms with Crippen LogP contribution in [0.4, 0.5) is 0 Å². The standard InChI is InChI=1S/C15H14ClN3O3/c1-9-5-12(18-21-9)8-15-17-14(19-22-15)7-10-6-11(16)3-4-13(10)20-2/h3-6H,7-8H2,1-2H3. The second-order valence-electron chi connectivity index (χ2n) is 4.84. The van der Waals surface area contributed by atoms with Gasteiger partial charge in [0.1, 0.15) is 11.5 Å². The number of benzene rings is 1. The number of nitrogens with zero attached hydrogens (tertiary/aromatic N) is 3. The van der Waals surface area contributed by atoms with Gasteiger partial charge in [0.15, 0.2) is 5.82 Å². The van der Waals surface area contributed by atoms with E-state index in [0.717, 1.165) is 22.8 Å². The van der Waals surface area contributed by atoms with Gasteiger partial charge < -0.3 is 13.8 Å². The van der Waals surface area contributed by atoms with Crippen LogP contribution in [0.15, 0.2) is 33.3 Å². The minimum Gasteiger partial charge on any atom is -0.496 e. The molecule has 0 atom stereocenters. The van der Waals surface area contributed by atoms with Gasteiger partial charge in [-0.15, -0.1) is 0 Å². The molecule has 2 heterocycles. The maximum absolute atomic E-state index is 6.02. The third-order valence-electron chi connectivity index (χ3n) is 3.11. The zero-order valence-corrected chi connectivity index (χ0v) is 12.9. The van der Waals surface area contributed by atoms with E-state index in [1.807, 2.05) is 25.1 Å². The van der Waals surface area contributed by atoms with Crippen molar-refractivity contribution in [1.82, 2.24) is 15.3 Å². The van der Waals surface area contributed by atoms with E-state index < -0.39 is 0 Å². The van der Waals surface area contributed by atoms with Crippen molar-refractivity contribution < 1.29 is 13.8 Å². The van der Waals surface area contributed by atoms with Crippen molar-refractivity contribution in [2.45, 2.75) is 19.8 Å². The zero-order chi connectivity index (χ0) is 15.5. The third kappa shape index (κ3) is 3.28. The molecule has 0 N–H and O–H groups in total. The van der Waals surface area contributed by atoms with Crippen LogP contribution in [0.2, 0.25) is 5.02 Å². The van der Waals surface area contributed by atoms with E-state index in [9.17, 15) is 0 Å². The zero-order valence-electron chi connectivity index (χ0n) is 12.2. The highest BCUT2D eigenvalue weighted by Gasteiger charge is 2.13. The first kappa shape index (κ1) is 14.6. The van der Waals surface area contributed by atoms with Crippen molar-refractivity contribution in [1.29, 1.82) is 0 Å². The summed E-state index contributed by atoms with van der Waals surface area (Å²) >= 11 is 6.02. The lowest BCUT2D eigenvalue weighted by molar-refractivity contribution is 0.368. The molecule has 0 aliphatic rings. The number of hydrogen-bond donors (Lipinski definition) is 0. The van der Waals surface area contributed by atoms with E-state index in [1.54, 1.807) is 13.2 Å². The van der Waals surface area contributed by atoms with Crippen LogP contribution < -0.4 is 4.74 Å². The number of hydrogen-bond acceptors (Lipinski definition) is 6. The molecule has 6 nitrogen and oxygen atoms in total. The summed E-state index contributed by atoms with van der Waals surface area (Å²) in [6.45, 7) is 1.83. The van der Waals surface area contributed by atoms with Crippen LogP contribution in [-0.4, -0.2) is 22.4 Å². The highest BCUT2D eigenvalue weighted by molar-refractivity contribution is 6.30. The van der Waals surface area contributed by atoms with Gasteiger partial charge in [-0.2, -0.15) is 4.98 Å². The molecule has 0 bridgehead atoms. The fraction of sp³-hybridized carbons (Fsp3) is 0.267. The van der Waals surface area contributed by atoms with Crippen molar-refractivity contribution in [2.75, 3.05) is 7.11 Å². The Morgan fingerprint density at radius 2 is 2.00 bits per heavy atom. The number of ether oxygens (including phenoxy) is 1. The van der Waals surface area contributed by atoms with Crippen molar-refractivity contribution in [3.8, 4) is 5.75 Å². The van der Waals surface area contributed by atoms with Crippen molar-refractivity contribution in [3.63, 3.8) is 0 Å². The topological polar surface area (TPSA) is 74.2 Å². The Kier molecular flexibility index (Phi) is 4.11. The number of methoxy groups -OCH3 is 1. The average molecular weight is 320 g/mol. The molecule has 0 radical (unpaired) electrons. The molecular weight excluding hydrogens is 306 g/mol. The van der Waals surface area contributed by atoms with Gasteiger partial charge >= 0.3 is 0 Å². The van der Waals surface area contributed by atoms with Crippen LogP contribution in [0.5, 0.6) is 5.75 Å².